The van der Waals surface area contributed by atoms with Crippen molar-refractivity contribution in [2.75, 3.05) is 0 Å². The molecule has 5 atom stereocenters. The fourth-order valence-electron chi connectivity index (χ4n) is 2.09. The molecule has 1 amide bonds. The molecule has 11 nitrogen and oxygen atoms in total. The zero-order chi connectivity index (χ0) is 21.3. The molecule has 11 heteroatoms. The molecule has 0 saturated carbocycles. The van der Waals surface area contributed by atoms with E-state index in [1.165, 1.54) is 0 Å². The molecule has 1 aliphatic rings. The van der Waals surface area contributed by atoms with Gasteiger partial charge in [0, 0.05) is 25.8 Å². The first-order chi connectivity index (χ1) is 13.2. The molecule has 0 aliphatic carbocycles. The van der Waals surface area contributed by atoms with E-state index >= 15 is 0 Å². The Kier molecular flexibility index (Phi) is 9.69. The molecule has 21 radical (unpaired) electrons. The molecule has 28 heavy (non-hydrogen) atoms. The van der Waals surface area contributed by atoms with Gasteiger partial charge in [-0.3, -0.25) is 4.79 Å². The first-order valence-corrected chi connectivity index (χ1v) is 7.21. The monoisotopic (exact) mass is 381 g/mol. The van der Waals surface area contributed by atoms with Gasteiger partial charge in [-0.1, -0.05) is 0 Å². The Balaban J connectivity index is 3.27. The molecule has 0 spiro atoms. The number of guanidine groups is 1. The van der Waals surface area contributed by atoms with Gasteiger partial charge in [-0.2, -0.15) is 0 Å². The van der Waals surface area contributed by atoms with Crippen LogP contribution >= 0.6 is 0 Å². The molecular weight excluding hydrogens is 372 g/mol. The van der Waals surface area contributed by atoms with Crippen LogP contribution in [-0.4, -0.2) is 48.2 Å². The lowest BCUT2D eigenvalue weighted by Gasteiger charge is -2.37. The molecule has 0 N–H and O–H groups in total. The topological polar surface area (TPSA) is 183 Å². The molecular formula is C17H9N4O7. The second kappa shape index (κ2) is 11.5. The van der Waals surface area contributed by atoms with E-state index in [1.54, 1.807) is 0 Å². The smallest absolute Gasteiger partial charge is 0.420 e. The summed E-state index contributed by atoms with van der Waals surface area (Å²) in [5, 5.41) is 37.5. The van der Waals surface area contributed by atoms with Gasteiger partial charge in [-0.15, -0.1) is 11.5 Å². The number of carbonyl (C=O) groups excluding carboxylic acids is 2. The minimum absolute atomic E-state index is 1.000. The molecule has 0 fully saturated rings. The van der Waals surface area contributed by atoms with Crippen LogP contribution in [0, 0.1) is 52.4 Å². The lowest BCUT2D eigenvalue weighted by molar-refractivity contribution is -0.155. The Bertz CT molecular complexity index is 592. The Morgan fingerprint density at radius 1 is 1.32 bits per heavy atom. The molecule has 1 aliphatic heterocycles. The van der Waals surface area contributed by atoms with Crippen LogP contribution in [0.15, 0.2) is 10.8 Å². The molecule has 0 unspecified atom stereocenters. The van der Waals surface area contributed by atoms with E-state index in [9.17, 15) is 24.9 Å². The van der Waals surface area contributed by atoms with Crippen LogP contribution in [0.4, 0.5) is 0 Å². The quantitative estimate of drug-likeness (QED) is 0.228. The maximum Gasteiger partial charge on any atom is 0.420 e. The van der Waals surface area contributed by atoms with Gasteiger partial charge in [0.15, 0.2) is 12.2 Å². The zero-order valence-corrected chi connectivity index (χ0v) is 13.9. The Labute approximate surface area is 163 Å². The number of rotatable bonds is 11. The van der Waals surface area contributed by atoms with E-state index in [4.69, 9.17) is 20.9 Å². The van der Waals surface area contributed by atoms with E-state index in [0.29, 0.717) is 0 Å². The minimum Gasteiger partial charge on any atom is -0.478 e. The molecule has 0 saturated heterocycles. The Hall–Kier alpha value is -2.37. The molecule has 139 valence electrons. The van der Waals surface area contributed by atoms with Crippen LogP contribution in [0.25, 0.3) is 0 Å². The van der Waals surface area contributed by atoms with Gasteiger partial charge in [-0.25, -0.2) is 30.4 Å². The largest absolute Gasteiger partial charge is 0.478 e. The highest BCUT2D eigenvalue weighted by Crippen LogP contribution is 2.27. The van der Waals surface area contributed by atoms with E-state index in [-0.39, 0.29) is 0 Å². The Morgan fingerprint density at radius 3 is 2.50 bits per heavy atom. The maximum absolute atomic E-state index is 12.0. The number of aliphatic imine (C=N–C) groups is 1. The summed E-state index contributed by atoms with van der Waals surface area (Å²) in [6, 6.07) is -3.22. The van der Waals surface area contributed by atoms with Gasteiger partial charge in [0.2, 0.25) is 18.3 Å². The van der Waals surface area contributed by atoms with Gasteiger partial charge >= 0.3 is 5.97 Å². The number of hydrogen-bond acceptors (Lipinski definition) is 5. The van der Waals surface area contributed by atoms with Crippen LogP contribution < -0.4 is 16.8 Å². The lowest BCUT2D eigenvalue weighted by atomic mass is 9.92. The van der Waals surface area contributed by atoms with E-state index in [1.807, 2.05) is 6.61 Å². The fourth-order valence-corrected chi connectivity index (χ4v) is 2.09. The number of nitrogens with zero attached hydrogens (tertiary/aromatic N) is 4. The maximum atomic E-state index is 12.0. The summed E-state index contributed by atoms with van der Waals surface area (Å²) in [5.41, 5.74) is 17.9. The average Bonchev–Trinajstić information content (AvgIpc) is 2.61. The van der Waals surface area contributed by atoms with Crippen molar-refractivity contribution < 1.29 is 34.4 Å². The van der Waals surface area contributed by atoms with Crippen molar-refractivity contribution in [1.82, 2.24) is 16.8 Å². The van der Waals surface area contributed by atoms with E-state index in [2.05, 4.69) is 49.5 Å². The van der Waals surface area contributed by atoms with Crippen LogP contribution in [-0.2, 0) is 34.4 Å². The van der Waals surface area contributed by atoms with Gasteiger partial charge in [0.1, 0.15) is 24.8 Å². The van der Waals surface area contributed by atoms with Crippen molar-refractivity contribution in [3.63, 3.8) is 0 Å². The van der Waals surface area contributed by atoms with E-state index in [0.717, 1.165) is 6.61 Å². The number of carbonyl (C=O) groups is 2. The summed E-state index contributed by atoms with van der Waals surface area (Å²) in [5.74, 6) is -5.47. The van der Waals surface area contributed by atoms with Crippen molar-refractivity contribution >= 4 is 17.8 Å². The lowest BCUT2D eigenvalue weighted by Crippen LogP contribution is -2.57. The Morgan fingerprint density at radius 2 is 2.00 bits per heavy atom. The fraction of sp³-hybridized carbons (Fsp3) is 0.294. The van der Waals surface area contributed by atoms with Crippen molar-refractivity contribution in [2.24, 2.45) is 4.99 Å². The van der Waals surface area contributed by atoms with Crippen LogP contribution in [0.3, 0.4) is 0 Å². The first-order valence-electron chi connectivity index (χ1n) is 7.21. The molecule has 0 bridgehead atoms. The van der Waals surface area contributed by atoms with Crippen molar-refractivity contribution in [1.29, 1.82) is 0 Å². The van der Waals surface area contributed by atoms with Gasteiger partial charge in [0.25, 0.3) is 5.96 Å². The summed E-state index contributed by atoms with van der Waals surface area (Å²) in [4.78, 5) is 25.8. The zero-order valence-electron chi connectivity index (χ0n) is 13.9. The van der Waals surface area contributed by atoms with Crippen LogP contribution in [0.2, 0.25) is 0 Å². The third-order valence-electron chi connectivity index (χ3n) is 3.06. The van der Waals surface area contributed by atoms with Crippen molar-refractivity contribution in [2.45, 2.75) is 30.4 Å². The van der Waals surface area contributed by atoms with Crippen molar-refractivity contribution in [3.05, 3.63) is 58.2 Å². The number of amides is 1. The van der Waals surface area contributed by atoms with E-state index < -0.39 is 54.0 Å². The number of ether oxygens (including phenoxy) is 2. The first kappa shape index (κ1) is 23.7. The van der Waals surface area contributed by atoms with Gasteiger partial charge in [-0.05, 0) is 13.3 Å². The van der Waals surface area contributed by atoms with Gasteiger partial charge < -0.3 is 9.47 Å². The standard InChI is InChI=1S/C17H9N4O7/c1-3-4-5-6-27-14(11(24)8-22)15-13(20-9(2)23)10(21-17(18)19)7-12(28-15)16(25)26/h10-11,13-15H,1-2H2/t10-,11+,13+,14+,15+/m0/s1. The SMILES string of the molecule is [CH2][C][C][C][C]O[C@@H]([C@@H]1OC(C([O])=O)=[C][C@H](N=C([N])[N])[C@H]1[N]C([CH2])=O)[C@H]([O])[C][O]. The summed E-state index contributed by atoms with van der Waals surface area (Å²) < 4.78 is 9.95. The van der Waals surface area contributed by atoms with Crippen LogP contribution in [0.1, 0.15) is 0 Å². The molecule has 1 heterocycles. The summed E-state index contributed by atoms with van der Waals surface area (Å²) >= 11 is 0. The summed E-state index contributed by atoms with van der Waals surface area (Å²) in [6.45, 7) is 9.24. The third-order valence-corrected chi connectivity index (χ3v) is 3.06. The molecule has 0 aromatic rings. The normalized spacial score (nSPS) is 23.7. The highest BCUT2D eigenvalue weighted by molar-refractivity contribution is 5.84. The predicted molar refractivity (Wildman–Crippen MR) is 80.7 cm³/mol. The number of unbranched alkanes of at least 4 members (excludes halogenated alkanes) is 2. The second-order valence-electron chi connectivity index (χ2n) is 4.88. The minimum atomic E-state index is -2.29. The third kappa shape index (κ3) is 6.98. The average molecular weight is 381 g/mol. The highest BCUT2D eigenvalue weighted by atomic mass is 16.6. The van der Waals surface area contributed by atoms with Gasteiger partial charge in [0.05, 0.1) is 0 Å². The number of hydrogen-bond donors (Lipinski definition) is 0. The molecule has 0 aromatic carbocycles. The van der Waals surface area contributed by atoms with Crippen molar-refractivity contribution in [3.8, 4) is 0 Å². The summed E-state index contributed by atoms with van der Waals surface area (Å²) in [7, 11) is 0. The summed E-state index contributed by atoms with van der Waals surface area (Å²) in [6.07, 6.45) is 2.64. The predicted octanol–water partition coefficient (Wildman–Crippen LogP) is -2.00. The molecule has 0 aromatic heterocycles. The second-order valence-corrected chi connectivity index (χ2v) is 4.88. The highest BCUT2D eigenvalue weighted by Gasteiger charge is 2.47. The van der Waals surface area contributed by atoms with Crippen LogP contribution in [0.5, 0.6) is 0 Å². The molecule has 1 rings (SSSR count).